The molecule has 4 rings (SSSR count). The molecule has 1 aliphatic heterocycles. The van der Waals surface area contributed by atoms with Crippen LogP contribution in [0.25, 0.3) is 0 Å². The van der Waals surface area contributed by atoms with Gasteiger partial charge in [0.05, 0.1) is 17.0 Å². The number of carbonyl (C=O) groups is 4. The molecule has 10 heteroatoms. The Hall–Kier alpha value is -4.08. The number of hydrogen-bond donors (Lipinski definition) is 1. The molecule has 1 heterocycles. The van der Waals surface area contributed by atoms with Gasteiger partial charge in [-0.2, -0.15) is 0 Å². The SMILES string of the molecule is CC(=O)Nc1ccc(N2C(=O)CC(N(C(=O)c3cccc([N+](=O)[O-])c3)C3CCCC3)C2=O)cc1. The normalized spacial score (nSPS) is 18.3. The van der Waals surface area contributed by atoms with Crippen LogP contribution in [0.4, 0.5) is 17.1 Å². The summed E-state index contributed by atoms with van der Waals surface area (Å²) in [5.41, 5.74) is 0.771. The van der Waals surface area contributed by atoms with E-state index >= 15 is 0 Å². The van der Waals surface area contributed by atoms with E-state index in [1.165, 1.54) is 36.1 Å². The summed E-state index contributed by atoms with van der Waals surface area (Å²) in [5.74, 6) is -1.68. The van der Waals surface area contributed by atoms with Gasteiger partial charge in [0.1, 0.15) is 6.04 Å². The van der Waals surface area contributed by atoms with E-state index < -0.39 is 28.7 Å². The molecule has 0 radical (unpaired) electrons. The molecule has 10 nitrogen and oxygen atoms in total. The minimum absolute atomic E-state index is 0.111. The van der Waals surface area contributed by atoms with Gasteiger partial charge in [-0.3, -0.25) is 29.3 Å². The van der Waals surface area contributed by atoms with Gasteiger partial charge in [-0.15, -0.1) is 0 Å². The van der Waals surface area contributed by atoms with Gasteiger partial charge in [0.25, 0.3) is 17.5 Å². The predicted octanol–water partition coefficient (Wildman–Crippen LogP) is 3.27. The zero-order chi connectivity index (χ0) is 24.4. The van der Waals surface area contributed by atoms with Crippen molar-refractivity contribution in [2.75, 3.05) is 10.2 Å². The Morgan fingerprint density at radius 3 is 2.38 bits per heavy atom. The molecule has 176 valence electrons. The number of benzene rings is 2. The molecule has 2 aromatic carbocycles. The highest BCUT2D eigenvalue weighted by Crippen LogP contribution is 2.33. The van der Waals surface area contributed by atoms with E-state index in [4.69, 9.17) is 0 Å². The molecule has 1 unspecified atom stereocenters. The first-order valence-corrected chi connectivity index (χ1v) is 11.1. The fourth-order valence-electron chi connectivity index (χ4n) is 4.65. The molecule has 2 aliphatic rings. The Morgan fingerprint density at radius 2 is 1.76 bits per heavy atom. The lowest BCUT2D eigenvalue weighted by molar-refractivity contribution is -0.384. The van der Waals surface area contributed by atoms with Crippen LogP contribution >= 0.6 is 0 Å². The van der Waals surface area contributed by atoms with E-state index in [1.54, 1.807) is 24.3 Å². The van der Waals surface area contributed by atoms with Crippen molar-refractivity contribution in [3.63, 3.8) is 0 Å². The number of nitro groups is 1. The number of non-ortho nitro benzene ring substituents is 1. The maximum absolute atomic E-state index is 13.5. The smallest absolute Gasteiger partial charge is 0.270 e. The van der Waals surface area contributed by atoms with Crippen LogP contribution < -0.4 is 10.2 Å². The molecule has 0 aromatic heterocycles. The average Bonchev–Trinajstić information content (AvgIpc) is 3.43. The second-order valence-electron chi connectivity index (χ2n) is 8.47. The first kappa shape index (κ1) is 23.1. The lowest BCUT2D eigenvalue weighted by Gasteiger charge is -2.33. The second-order valence-corrected chi connectivity index (χ2v) is 8.47. The Bertz CT molecular complexity index is 1160. The average molecular weight is 464 g/mol. The van der Waals surface area contributed by atoms with Crippen LogP contribution in [0.5, 0.6) is 0 Å². The summed E-state index contributed by atoms with van der Waals surface area (Å²) in [6.07, 6.45) is 3.02. The van der Waals surface area contributed by atoms with Crippen molar-refractivity contribution >= 4 is 40.7 Å². The van der Waals surface area contributed by atoms with Crippen LogP contribution in [-0.2, 0) is 14.4 Å². The van der Waals surface area contributed by atoms with Crippen LogP contribution in [-0.4, -0.2) is 45.5 Å². The van der Waals surface area contributed by atoms with E-state index in [2.05, 4.69) is 5.32 Å². The van der Waals surface area contributed by atoms with E-state index in [1.807, 2.05) is 0 Å². The Labute approximate surface area is 195 Å². The van der Waals surface area contributed by atoms with Gasteiger partial charge in [-0.05, 0) is 43.2 Å². The summed E-state index contributed by atoms with van der Waals surface area (Å²) in [5, 5.41) is 13.8. The summed E-state index contributed by atoms with van der Waals surface area (Å²) < 4.78 is 0. The molecule has 34 heavy (non-hydrogen) atoms. The summed E-state index contributed by atoms with van der Waals surface area (Å²) in [6.45, 7) is 1.38. The Morgan fingerprint density at radius 1 is 1.09 bits per heavy atom. The summed E-state index contributed by atoms with van der Waals surface area (Å²) >= 11 is 0. The monoisotopic (exact) mass is 464 g/mol. The van der Waals surface area contributed by atoms with Crippen LogP contribution in [0.3, 0.4) is 0 Å². The molecule has 4 amide bonds. The van der Waals surface area contributed by atoms with Crippen molar-refractivity contribution in [1.29, 1.82) is 0 Å². The first-order chi connectivity index (χ1) is 16.3. The van der Waals surface area contributed by atoms with Crippen LogP contribution in [0.15, 0.2) is 48.5 Å². The van der Waals surface area contributed by atoms with Gasteiger partial charge in [-0.1, -0.05) is 18.9 Å². The molecule has 1 saturated heterocycles. The molecule has 1 atom stereocenters. The van der Waals surface area contributed by atoms with Crippen molar-refractivity contribution in [3.8, 4) is 0 Å². The summed E-state index contributed by atoms with van der Waals surface area (Å²) in [6, 6.07) is 10.5. The number of rotatable bonds is 6. The molecule has 2 aromatic rings. The molecule has 2 fully saturated rings. The second kappa shape index (κ2) is 9.42. The molecule has 1 aliphatic carbocycles. The number of carbonyl (C=O) groups excluding carboxylic acids is 4. The Kier molecular flexibility index (Phi) is 6.40. The third kappa shape index (κ3) is 4.52. The van der Waals surface area contributed by atoms with Gasteiger partial charge in [0, 0.05) is 36.3 Å². The zero-order valence-corrected chi connectivity index (χ0v) is 18.6. The summed E-state index contributed by atoms with van der Waals surface area (Å²) in [4.78, 5) is 64.2. The maximum Gasteiger partial charge on any atom is 0.270 e. The van der Waals surface area contributed by atoms with Crippen molar-refractivity contribution in [2.45, 2.75) is 51.1 Å². The van der Waals surface area contributed by atoms with Crippen molar-refractivity contribution < 1.29 is 24.1 Å². The highest BCUT2D eigenvalue weighted by molar-refractivity contribution is 6.23. The highest BCUT2D eigenvalue weighted by atomic mass is 16.6. The highest BCUT2D eigenvalue weighted by Gasteiger charge is 2.47. The predicted molar refractivity (Wildman–Crippen MR) is 123 cm³/mol. The number of anilines is 2. The molecule has 0 bridgehead atoms. The molecular formula is C24H24N4O6. The van der Waals surface area contributed by atoms with Crippen molar-refractivity contribution in [1.82, 2.24) is 4.90 Å². The fourth-order valence-corrected chi connectivity index (χ4v) is 4.65. The number of nitro benzene ring substituents is 1. The van der Waals surface area contributed by atoms with Crippen LogP contribution in [0.1, 0.15) is 49.4 Å². The van der Waals surface area contributed by atoms with E-state index in [9.17, 15) is 29.3 Å². The number of nitrogens with zero attached hydrogens (tertiary/aromatic N) is 3. The molecular weight excluding hydrogens is 440 g/mol. The third-order valence-electron chi connectivity index (χ3n) is 6.16. The molecule has 1 saturated carbocycles. The van der Waals surface area contributed by atoms with E-state index in [-0.39, 0.29) is 29.6 Å². The van der Waals surface area contributed by atoms with Crippen molar-refractivity contribution in [3.05, 3.63) is 64.2 Å². The number of amides is 4. The van der Waals surface area contributed by atoms with Gasteiger partial charge >= 0.3 is 0 Å². The van der Waals surface area contributed by atoms with Crippen LogP contribution in [0.2, 0.25) is 0 Å². The Balaban J connectivity index is 1.64. The number of nitrogens with one attached hydrogen (secondary N) is 1. The lowest BCUT2D eigenvalue weighted by atomic mass is 10.1. The first-order valence-electron chi connectivity index (χ1n) is 11.1. The van der Waals surface area contributed by atoms with Gasteiger partial charge in [-0.25, -0.2) is 4.90 Å². The van der Waals surface area contributed by atoms with Gasteiger partial charge < -0.3 is 10.2 Å². The lowest BCUT2D eigenvalue weighted by Crippen LogP contribution is -2.50. The zero-order valence-electron chi connectivity index (χ0n) is 18.6. The third-order valence-corrected chi connectivity index (χ3v) is 6.16. The molecule has 0 spiro atoms. The quantitative estimate of drug-likeness (QED) is 0.397. The summed E-state index contributed by atoms with van der Waals surface area (Å²) in [7, 11) is 0. The fraction of sp³-hybridized carbons (Fsp3) is 0.333. The van der Waals surface area contributed by atoms with Crippen molar-refractivity contribution in [2.24, 2.45) is 0 Å². The van der Waals surface area contributed by atoms with E-state index in [0.29, 0.717) is 24.2 Å². The van der Waals surface area contributed by atoms with Gasteiger partial charge in [0.15, 0.2) is 0 Å². The largest absolute Gasteiger partial charge is 0.326 e. The topological polar surface area (TPSA) is 130 Å². The number of hydrogen-bond acceptors (Lipinski definition) is 6. The minimum atomic E-state index is -0.989. The van der Waals surface area contributed by atoms with E-state index in [0.717, 1.165) is 17.7 Å². The minimum Gasteiger partial charge on any atom is -0.326 e. The number of imide groups is 1. The van der Waals surface area contributed by atoms with Gasteiger partial charge in [0.2, 0.25) is 11.8 Å². The maximum atomic E-state index is 13.5. The molecule has 1 N–H and O–H groups in total. The standard InChI is InChI=1S/C24H24N4O6/c1-15(29)25-17-9-11-19(12-10-17)27-22(30)14-21(24(27)32)26(18-6-2-3-7-18)23(31)16-5-4-8-20(13-16)28(33)34/h4-5,8-13,18,21H,2-3,6-7,14H2,1H3,(H,25,29). The van der Waals surface area contributed by atoms with Crippen LogP contribution in [0, 0.1) is 10.1 Å².